The van der Waals surface area contributed by atoms with Crippen LogP contribution in [0, 0.1) is 5.92 Å². The van der Waals surface area contributed by atoms with Gasteiger partial charge < -0.3 is 25.2 Å². The fourth-order valence-corrected chi connectivity index (χ4v) is 4.38. The van der Waals surface area contributed by atoms with Crippen molar-refractivity contribution >= 4 is 35.6 Å². The molecule has 1 aromatic carbocycles. The first-order valence-corrected chi connectivity index (χ1v) is 10.8. The zero-order valence-electron chi connectivity index (χ0n) is 18.2. The molecule has 0 spiro atoms. The molecular weight excluding hydrogens is 477 g/mol. The molecule has 2 aliphatic heterocycles. The topological polar surface area (TPSA) is 52.1 Å². The van der Waals surface area contributed by atoms with Crippen LogP contribution in [0.1, 0.15) is 32.6 Å². The Kier molecular flexibility index (Phi) is 10.3. The number of hydrogen-bond donors (Lipinski definition) is 2. The highest BCUT2D eigenvalue weighted by molar-refractivity contribution is 14.0. The maximum atomic E-state index is 5.52. The molecule has 164 valence electrons. The molecular formula is C22H38IN5O. The summed E-state index contributed by atoms with van der Waals surface area (Å²) in [6, 6.07) is 8.65. The number of halogens is 1. The first kappa shape index (κ1) is 24.1. The standard InChI is InChI=1S/C22H37N5O.HI/c1-18-8-6-13-26(16-18)14-7-12-24-22(23-2)25-19-11-15-27(17-19)20-9-4-5-10-21(20)28-3;/h4-5,9-10,18-19H,6-8,11-17H2,1-3H3,(H2,23,24,25);1H. The highest BCUT2D eigenvalue weighted by atomic mass is 127. The van der Waals surface area contributed by atoms with Crippen molar-refractivity contribution in [3.63, 3.8) is 0 Å². The Morgan fingerprint density at radius 3 is 2.79 bits per heavy atom. The number of rotatable bonds is 7. The summed E-state index contributed by atoms with van der Waals surface area (Å²) >= 11 is 0. The number of piperidine rings is 1. The van der Waals surface area contributed by atoms with Crippen LogP contribution in [-0.4, -0.2) is 70.3 Å². The van der Waals surface area contributed by atoms with Gasteiger partial charge in [-0.05, 0) is 56.8 Å². The van der Waals surface area contributed by atoms with Gasteiger partial charge in [-0.3, -0.25) is 4.99 Å². The normalized spacial score (nSPS) is 22.9. The van der Waals surface area contributed by atoms with Gasteiger partial charge in [0.25, 0.3) is 0 Å². The molecule has 0 aromatic heterocycles. The smallest absolute Gasteiger partial charge is 0.191 e. The molecule has 2 atom stereocenters. The molecule has 2 heterocycles. The molecule has 2 saturated heterocycles. The van der Waals surface area contributed by atoms with E-state index in [9.17, 15) is 0 Å². The lowest BCUT2D eigenvalue weighted by Crippen LogP contribution is -2.45. The summed E-state index contributed by atoms with van der Waals surface area (Å²) in [5, 5.41) is 7.08. The quantitative estimate of drug-likeness (QED) is 0.253. The summed E-state index contributed by atoms with van der Waals surface area (Å²) in [5.74, 6) is 2.71. The van der Waals surface area contributed by atoms with Crippen LogP contribution in [0.4, 0.5) is 5.69 Å². The van der Waals surface area contributed by atoms with Crippen molar-refractivity contribution in [3.05, 3.63) is 24.3 Å². The lowest BCUT2D eigenvalue weighted by atomic mass is 10.0. The summed E-state index contributed by atoms with van der Waals surface area (Å²) in [7, 11) is 3.59. The molecule has 2 aliphatic rings. The van der Waals surface area contributed by atoms with Gasteiger partial charge in [0.05, 0.1) is 12.8 Å². The molecule has 29 heavy (non-hydrogen) atoms. The van der Waals surface area contributed by atoms with Gasteiger partial charge in [0.2, 0.25) is 0 Å². The average Bonchev–Trinajstić information content (AvgIpc) is 3.18. The number of benzene rings is 1. The molecule has 0 saturated carbocycles. The number of guanidine groups is 1. The average molecular weight is 515 g/mol. The van der Waals surface area contributed by atoms with Gasteiger partial charge >= 0.3 is 0 Å². The van der Waals surface area contributed by atoms with Gasteiger partial charge in [0, 0.05) is 39.3 Å². The second kappa shape index (κ2) is 12.5. The third-order valence-corrected chi connectivity index (χ3v) is 5.86. The van der Waals surface area contributed by atoms with Crippen molar-refractivity contribution in [3.8, 4) is 5.75 Å². The monoisotopic (exact) mass is 515 g/mol. The second-order valence-electron chi connectivity index (χ2n) is 8.15. The van der Waals surface area contributed by atoms with E-state index in [1.165, 1.54) is 38.2 Å². The molecule has 2 unspecified atom stereocenters. The molecule has 2 N–H and O–H groups in total. The van der Waals surface area contributed by atoms with Gasteiger partial charge in [0.1, 0.15) is 5.75 Å². The lowest BCUT2D eigenvalue weighted by molar-refractivity contribution is 0.182. The molecule has 0 bridgehead atoms. The Morgan fingerprint density at radius 2 is 2.03 bits per heavy atom. The maximum absolute atomic E-state index is 5.52. The van der Waals surface area contributed by atoms with Crippen molar-refractivity contribution in [2.45, 2.75) is 38.6 Å². The fourth-order valence-electron chi connectivity index (χ4n) is 4.38. The number of aliphatic imine (C=N–C) groups is 1. The first-order valence-electron chi connectivity index (χ1n) is 10.8. The lowest BCUT2D eigenvalue weighted by Gasteiger charge is -2.30. The third kappa shape index (κ3) is 7.20. The molecule has 0 radical (unpaired) electrons. The molecule has 7 heteroatoms. The predicted molar refractivity (Wildman–Crippen MR) is 133 cm³/mol. The number of para-hydroxylation sites is 2. The number of ether oxygens (including phenoxy) is 1. The molecule has 3 rings (SSSR count). The van der Waals surface area contributed by atoms with Gasteiger partial charge in [-0.1, -0.05) is 19.1 Å². The van der Waals surface area contributed by atoms with E-state index in [2.05, 4.69) is 44.5 Å². The van der Waals surface area contributed by atoms with Crippen LogP contribution in [0.25, 0.3) is 0 Å². The Hall–Kier alpha value is -1.22. The molecule has 2 fully saturated rings. The highest BCUT2D eigenvalue weighted by Gasteiger charge is 2.25. The Labute approximate surface area is 193 Å². The van der Waals surface area contributed by atoms with Crippen LogP contribution in [0.15, 0.2) is 29.3 Å². The fraction of sp³-hybridized carbons (Fsp3) is 0.682. The third-order valence-electron chi connectivity index (χ3n) is 5.86. The first-order chi connectivity index (χ1) is 13.7. The summed E-state index contributed by atoms with van der Waals surface area (Å²) in [5.41, 5.74) is 1.17. The molecule has 0 amide bonds. The summed E-state index contributed by atoms with van der Waals surface area (Å²) in [6.07, 6.45) is 5.00. The van der Waals surface area contributed by atoms with Gasteiger partial charge in [-0.2, -0.15) is 0 Å². The van der Waals surface area contributed by atoms with E-state index in [0.717, 1.165) is 50.1 Å². The number of likely N-dealkylation sites (tertiary alicyclic amines) is 1. The Morgan fingerprint density at radius 1 is 1.21 bits per heavy atom. The highest BCUT2D eigenvalue weighted by Crippen LogP contribution is 2.30. The zero-order valence-corrected chi connectivity index (χ0v) is 20.5. The van der Waals surface area contributed by atoms with Crippen LogP contribution < -0.4 is 20.3 Å². The van der Waals surface area contributed by atoms with Crippen LogP contribution in [0.5, 0.6) is 5.75 Å². The Bertz CT molecular complexity index is 641. The maximum Gasteiger partial charge on any atom is 0.191 e. The van der Waals surface area contributed by atoms with Crippen LogP contribution in [0.2, 0.25) is 0 Å². The summed E-state index contributed by atoms with van der Waals surface area (Å²) < 4.78 is 5.52. The van der Waals surface area contributed by atoms with Crippen molar-refractivity contribution in [2.75, 3.05) is 58.3 Å². The number of hydrogen-bond acceptors (Lipinski definition) is 4. The Balaban J connectivity index is 0.00000300. The number of nitrogens with one attached hydrogen (secondary N) is 2. The molecule has 1 aromatic rings. The minimum absolute atomic E-state index is 0. The van der Waals surface area contributed by atoms with Crippen molar-refractivity contribution in [1.29, 1.82) is 0 Å². The van der Waals surface area contributed by atoms with Crippen molar-refractivity contribution in [1.82, 2.24) is 15.5 Å². The van der Waals surface area contributed by atoms with Crippen LogP contribution >= 0.6 is 24.0 Å². The van der Waals surface area contributed by atoms with E-state index < -0.39 is 0 Å². The minimum Gasteiger partial charge on any atom is -0.495 e. The number of methoxy groups -OCH3 is 1. The van der Waals surface area contributed by atoms with Crippen molar-refractivity contribution in [2.24, 2.45) is 10.9 Å². The van der Waals surface area contributed by atoms with Gasteiger partial charge in [-0.15, -0.1) is 24.0 Å². The van der Waals surface area contributed by atoms with E-state index in [4.69, 9.17) is 4.74 Å². The molecule has 6 nitrogen and oxygen atoms in total. The second-order valence-corrected chi connectivity index (χ2v) is 8.15. The van der Waals surface area contributed by atoms with E-state index in [0.29, 0.717) is 6.04 Å². The summed E-state index contributed by atoms with van der Waals surface area (Å²) in [6.45, 7) is 9.03. The summed E-state index contributed by atoms with van der Waals surface area (Å²) in [4.78, 5) is 9.41. The van der Waals surface area contributed by atoms with Gasteiger partial charge in [-0.25, -0.2) is 0 Å². The van der Waals surface area contributed by atoms with Crippen LogP contribution in [-0.2, 0) is 0 Å². The van der Waals surface area contributed by atoms with E-state index in [1.54, 1.807) is 7.11 Å². The van der Waals surface area contributed by atoms with Crippen LogP contribution in [0.3, 0.4) is 0 Å². The predicted octanol–water partition coefficient (Wildman–Crippen LogP) is 3.18. The van der Waals surface area contributed by atoms with E-state index in [1.807, 2.05) is 19.2 Å². The number of anilines is 1. The zero-order chi connectivity index (χ0) is 19.8. The van der Waals surface area contributed by atoms with E-state index in [-0.39, 0.29) is 24.0 Å². The minimum atomic E-state index is 0. The SMILES string of the molecule is CN=C(NCCCN1CCCC(C)C1)NC1CCN(c2ccccc2OC)C1.I. The molecule has 0 aliphatic carbocycles. The van der Waals surface area contributed by atoms with Gasteiger partial charge in [0.15, 0.2) is 5.96 Å². The number of nitrogens with zero attached hydrogens (tertiary/aromatic N) is 3. The largest absolute Gasteiger partial charge is 0.495 e. The van der Waals surface area contributed by atoms with E-state index >= 15 is 0 Å². The van der Waals surface area contributed by atoms with Crippen molar-refractivity contribution < 1.29 is 4.74 Å².